The van der Waals surface area contributed by atoms with Gasteiger partial charge in [-0.1, -0.05) is 6.07 Å². The van der Waals surface area contributed by atoms with Crippen LogP contribution in [0.2, 0.25) is 0 Å². The number of aromatic nitrogens is 3. The molecule has 0 fully saturated rings. The molecule has 0 saturated carbocycles. The second-order valence-electron chi connectivity index (χ2n) is 4.50. The molecule has 3 aromatic rings. The second kappa shape index (κ2) is 5.50. The van der Waals surface area contributed by atoms with Crippen molar-refractivity contribution in [1.82, 2.24) is 14.8 Å². The Morgan fingerprint density at radius 3 is 2.86 bits per heavy atom. The average molecular weight is 338 g/mol. The van der Waals surface area contributed by atoms with Gasteiger partial charge in [0.2, 0.25) is 0 Å². The lowest BCUT2D eigenvalue weighted by atomic mass is 10.3. The Morgan fingerprint density at radius 1 is 1.36 bits per heavy atom. The van der Waals surface area contributed by atoms with Crippen LogP contribution < -0.4 is 4.72 Å². The van der Waals surface area contributed by atoms with E-state index in [1.807, 2.05) is 0 Å². The molecule has 1 N–H and O–H groups in total. The molecule has 6 nitrogen and oxygen atoms in total. The molecule has 1 aromatic carbocycles. The fraction of sp³-hybridized carbons (Fsp3) is 0.0769. The smallest absolute Gasteiger partial charge is 0.263 e. The van der Waals surface area contributed by atoms with Crippen LogP contribution in [0.15, 0.2) is 46.9 Å². The third kappa shape index (κ3) is 3.00. The lowest BCUT2D eigenvalue weighted by Crippen LogP contribution is -2.12. The zero-order valence-corrected chi connectivity index (χ0v) is 13.0. The highest BCUT2D eigenvalue weighted by Crippen LogP contribution is 2.26. The van der Waals surface area contributed by atoms with Gasteiger partial charge in [0.05, 0.1) is 16.8 Å². The highest BCUT2D eigenvalue weighted by Gasteiger charge is 2.17. The largest absolute Gasteiger partial charge is 0.275 e. The molecule has 22 heavy (non-hydrogen) atoms. The molecule has 0 aliphatic heterocycles. The van der Waals surface area contributed by atoms with Crippen LogP contribution in [0.5, 0.6) is 0 Å². The number of hydrogen-bond donors (Lipinski definition) is 1. The first-order valence-corrected chi connectivity index (χ1v) is 8.53. The van der Waals surface area contributed by atoms with Crippen molar-refractivity contribution < 1.29 is 12.8 Å². The van der Waals surface area contributed by atoms with Gasteiger partial charge in [0, 0.05) is 24.2 Å². The first-order valence-electron chi connectivity index (χ1n) is 6.17. The number of anilines is 1. The summed E-state index contributed by atoms with van der Waals surface area (Å²) in [7, 11) is -2.08. The van der Waals surface area contributed by atoms with Crippen molar-refractivity contribution in [3.8, 4) is 11.3 Å². The van der Waals surface area contributed by atoms with E-state index in [0.29, 0.717) is 5.69 Å². The molecule has 0 aliphatic carbocycles. The minimum Gasteiger partial charge on any atom is -0.275 e. The maximum absolute atomic E-state index is 13.1. The standard InChI is InChI=1S/C13H11FN4O2S2/c1-18-7-9(6-15-18)12-8-21-13(16-12)17-22(19,20)11-4-2-3-10(14)5-11/h2-8H,1H3,(H,16,17). The highest BCUT2D eigenvalue weighted by molar-refractivity contribution is 7.93. The second-order valence-corrected chi connectivity index (χ2v) is 7.04. The molecule has 0 aliphatic rings. The van der Waals surface area contributed by atoms with Gasteiger partial charge in [-0.15, -0.1) is 11.3 Å². The van der Waals surface area contributed by atoms with Crippen LogP contribution in [-0.4, -0.2) is 23.2 Å². The number of nitrogens with one attached hydrogen (secondary N) is 1. The van der Waals surface area contributed by atoms with Crippen LogP contribution >= 0.6 is 11.3 Å². The van der Waals surface area contributed by atoms with Crippen molar-refractivity contribution in [2.45, 2.75) is 4.90 Å². The van der Waals surface area contributed by atoms with Crippen molar-refractivity contribution in [2.24, 2.45) is 7.05 Å². The zero-order chi connectivity index (χ0) is 15.7. The molecule has 2 heterocycles. The molecule has 0 atom stereocenters. The molecule has 0 bridgehead atoms. The summed E-state index contributed by atoms with van der Waals surface area (Å²) in [6.45, 7) is 0. The van der Waals surface area contributed by atoms with Crippen molar-refractivity contribution in [2.75, 3.05) is 4.72 Å². The summed E-state index contributed by atoms with van der Waals surface area (Å²) in [4.78, 5) is 4.06. The van der Waals surface area contributed by atoms with Gasteiger partial charge in [-0.05, 0) is 18.2 Å². The molecule has 0 unspecified atom stereocenters. The molecule has 2 aromatic heterocycles. The Bertz CT molecular complexity index is 918. The molecule has 3 rings (SSSR count). The number of hydrogen-bond acceptors (Lipinski definition) is 5. The summed E-state index contributed by atoms with van der Waals surface area (Å²) in [5, 5.41) is 5.97. The molecular weight excluding hydrogens is 327 g/mol. The minimum atomic E-state index is -3.86. The molecule has 9 heteroatoms. The van der Waals surface area contributed by atoms with Crippen molar-refractivity contribution in [3.63, 3.8) is 0 Å². The van der Waals surface area contributed by atoms with Gasteiger partial charge >= 0.3 is 0 Å². The summed E-state index contributed by atoms with van der Waals surface area (Å²) >= 11 is 1.15. The fourth-order valence-corrected chi connectivity index (χ4v) is 3.82. The van der Waals surface area contributed by atoms with Crippen LogP contribution in [0.4, 0.5) is 9.52 Å². The van der Waals surface area contributed by atoms with E-state index in [-0.39, 0.29) is 10.0 Å². The topological polar surface area (TPSA) is 76.9 Å². The highest BCUT2D eigenvalue weighted by atomic mass is 32.2. The summed E-state index contributed by atoms with van der Waals surface area (Å²) in [6.07, 6.45) is 3.42. The molecule has 0 spiro atoms. The minimum absolute atomic E-state index is 0.148. The quantitative estimate of drug-likeness (QED) is 0.793. The maximum Gasteiger partial charge on any atom is 0.263 e. The van der Waals surface area contributed by atoms with Crippen LogP contribution in [0, 0.1) is 5.82 Å². The first kappa shape index (κ1) is 14.7. The predicted molar refractivity (Wildman–Crippen MR) is 81.5 cm³/mol. The lowest BCUT2D eigenvalue weighted by molar-refractivity contribution is 0.595. The molecular formula is C13H11FN4O2S2. The van der Waals surface area contributed by atoms with Crippen molar-refractivity contribution in [1.29, 1.82) is 0 Å². The summed E-state index contributed by atoms with van der Waals surface area (Å²) in [5.74, 6) is -0.613. The van der Waals surface area contributed by atoms with Crippen LogP contribution in [0.3, 0.4) is 0 Å². The van der Waals surface area contributed by atoms with Gasteiger partial charge < -0.3 is 0 Å². The van der Waals surface area contributed by atoms with E-state index in [1.54, 1.807) is 29.5 Å². The third-order valence-corrected chi connectivity index (χ3v) is 5.06. The monoisotopic (exact) mass is 338 g/mol. The SMILES string of the molecule is Cn1cc(-c2csc(NS(=O)(=O)c3cccc(F)c3)n2)cn1. The number of aryl methyl sites for hydroxylation is 1. The Balaban J connectivity index is 1.86. The van der Waals surface area contributed by atoms with Crippen molar-refractivity contribution >= 4 is 26.5 Å². The van der Waals surface area contributed by atoms with E-state index in [0.717, 1.165) is 23.0 Å². The fourth-order valence-electron chi connectivity index (χ4n) is 1.81. The molecule has 0 saturated heterocycles. The number of halogens is 1. The van der Waals surface area contributed by atoms with Gasteiger partial charge in [-0.2, -0.15) is 5.10 Å². The Kier molecular flexibility index (Phi) is 3.67. The lowest BCUT2D eigenvalue weighted by Gasteiger charge is -2.04. The Hall–Kier alpha value is -2.26. The van der Waals surface area contributed by atoms with E-state index in [1.165, 1.54) is 18.2 Å². The van der Waals surface area contributed by atoms with Gasteiger partial charge in [0.1, 0.15) is 5.82 Å². The van der Waals surface area contributed by atoms with Crippen LogP contribution in [0.1, 0.15) is 0 Å². The Morgan fingerprint density at radius 2 is 2.18 bits per heavy atom. The normalized spacial score (nSPS) is 11.5. The number of thiazole rings is 1. The van der Waals surface area contributed by atoms with Crippen LogP contribution in [0.25, 0.3) is 11.3 Å². The van der Waals surface area contributed by atoms with E-state index >= 15 is 0 Å². The van der Waals surface area contributed by atoms with Gasteiger partial charge in [0.25, 0.3) is 10.0 Å². The van der Waals surface area contributed by atoms with Gasteiger partial charge in [0.15, 0.2) is 5.13 Å². The number of nitrogens with zero attached hydrogens (tertiary/aromatic N) is 3. The maximum atomic E-state index is 13.1. The van der Waals surface area contributed by atoms with E-state index < -0.39 is 15.8 Å². The zero-order valence-electron chi connectivity index (χ0n) is 11.4. The summed E-state index contributed by atoms with van der Waals surface area (Å²) < 4.78 is 41.5. The van der Waals surface area contributed by atoms with Gasteiger partial charge in [-0.25, -0.2) is 17.8 Å². The van der Waals surface area contributed by atoms with Gasteiger partial charge in [-0.3, -0.25) is 9.40 Å². The van der Waals surface area contributed by atoms with Crippen LogP contribution in [-0.2, 0) is 17.1 Å². The first-order chi connectivity index (χ1) is 10.4. The molecule has 114 valence electrons. The summed E-state index contributed by atoms with van der Waals surface area (Å²) in [5.41, 5.74) is 1.41. The predicted octanol–water partition coefficient (Wildman–Crippen LogP) is 2.48. The number of benzene rings is 1. The molecule has 0 amide bonds. The number of rotatable bonds is 4. The van der Waals surface area contributed by atoms with E-state index in [9.17, 15) is 12.8 Å². The van der Waals surface area contributed by atoms with Crippen molar-refractivity contribution in [3.05, 3.63) is 47.9 Å². The number of sulfonamides is 1. The molecule has 0 radical (unpaired) electrons. The van der Waals surface area contributed by atoms with E-state index in [2.05, 4.69) is 14.8 Å². The third-order valence-electron chi connectivity index (χ3n) is 2.83. The summed E-state index contributed by atoms with van der Waals surface area (Å²) in [6, 6.07) is 4.80. The Labute approximate surface area is 130 Å². The average Bonchev–Trinajstić information content (AvgIpc) is 3.07. The van der Waals surface area contributed by atoms with E-state index in [4.69, 9.17) is 0 Å².